The van der Waals surface area contributed by atoms with Crippen LogP contribution in [0.25, 0.3) is 0 Å². The van der Waals surface area contributed by atoms with Gasteiger partial charge in [-0.1, -0.05) is 129 Å². The molecule has 0 fully saturated rings. The maximum absolute atomic E-state index is 10.7. The second-order valence-corrected chi connectivity index (χ2v) is 11.3. The summed E-state index contributed by atoms with van der Waals surface area (Å²) in [6.45, 7) is 19.2. The monoisotopic (exact) mass is 440 g/mol. The van der Waals surface area contributed by atoms with Gasteiger partial charge in [-0.2, -0.15) is 0 Å². The third-order valence-corrected chi connectivity index (χ3v) is 6.07. The standard InChI is InChI=1S/2C15H24O/c1-10-8-11(14(2,3)4)13(16)12(9-10)15(5,6)7;1-3-5-12-15(16,13-6-4-2)14-10-8-7-9-11-14/h8-9,16H,1-7H3;7-11,16H,3-6,12-13H2,1-2H3. The van der Waals surface area contributed by atoms with Crippen LogP contribution in [0.5, 0.6) is 5.75 Å². The highest BCUT2D eigenvalue weighted by atomic mass is 16.3. The maximum Gasteiger partial charge on any atom is 0.123 e. The van der Waals surface area contributed by atoms with Gasteiger partial charge in [0.05, 0.1) is 5.60 Å². The Hall–Kier alpha value is -1.80. The van der Waals surface area contributed by atoms with E-state index < -0.39 is 5.60 Å². The first-order valence-corrected chi connectivity index (χ1v) is 12.4. The number of rotatable bonds is 7. The minimum absolute atomic E-state index is 0.0178. The lowest BCUT2D eigenvalue weighted by Crippen LogP contribution is -2.25. The molecule has 0 bridgehead atoms. The van der Waals surface area contributed by atoms with E-state index in [4.69, 9.17) is 0 Å². The summed E-state index contributed by atoms with van der Waals surface area (Å²) in [6.07, 6.45) is 6.23. The van der Waals surface area contributed by atoms with Crippen molar-refractivity contribution < 1.29 is 10.2 Å². The number of unbranched alkanes of at least 4 members (excludes halogenated alkanes) is 2. The fourth-order valence-corrected chi connectivity index (χ4v) is 4.02. The van der Waals surface area contributed by atoms with Crippen molar-refractivity contribution >= 4 is 0 Å². The van der Waals surface area contributed by atoms with E-state index in [2.05, 4.69) is 74.4 Å². The van der Waals surface area contributed by atoms with Gasteiger partial charge in [-0.3, -0.25) is 0 Å². The summed E-state index contributed by atoms with van der Waals surface area (Å²) in [5.41, 5.74) is 3.74. The number of phenols is 1. The summed E-state index contributed by atoms with van der Waals surface area (Å²) in [7, 11) is 0. The summed E-state index contributed by atoms with van der Waals surface area (Å²) in [6, 6.07) is 14.3. The molecule has 0 aliphatic rings. The van der Waals surface area contributed by atoms with Gasteiger partial charge in [0.25, 0.3) is 0 Å². The molecule has 2 aromatic rings. The molecule has 0 saturated heterocycles. The molecule has 2 N–H and O–H groups in total. The zero-order valence-corrected chi connectivity index (χ0v) is 22.2. The Morgan fingerprint density at radius 1 is 0.719 bits per heavy atom. The van der Waals surface area contributed by atoms with Crippen LogP contribution in [0.3, 0.4) is 0 Å². The second kappa shape index (κ2) is 11.9. The van der Waals surface area contributed by atoms with Gasteiger partial charge < -0.3 is 10.2 Å². The van der Waals surface area contributed by atoms with E-state index in [1.54, 1.807) is 0 Å². The lowest BCUT2D eigenvalue weighted by Gasteiger charge is -2.28. The summed E-state index contributed by atoms with van der Waals surface area (Å²) in [5, 5.41) is 21.1. The van der Waals surface area contributed by atoms with Crippen LogP contribution in [-0.4, -0.2) is 10.2 Å². The molecule has 32 heavy (non-hydrogen) atoms. The van der Waals surface area contributed by atoms with Crippen molar-refractivity contribution in [1.82, 2.24) is 0 Å². The van der Waals surface area contributed by atoms with Gasteiger partial charge >= 0.3 is 0 Å². The highest BCUT2D eigenvalue weighted by Crippen LogP contribution is 2.39. The highest BCUT2D eigenvalue weighted by Gasteiger charge is 2.27. The largest absolute Gasteiger partial charge is 0.507 e. The number of hydrogen-bond acceptors (Lipinski definition) is 2. The molecule has 0 spiro atoms. The number of aryl methyl sites for hydroxylation is 1. The van der Waals surface area contributed by atoms with Crippen molar-refractivity contribution in [1.29, 1.82) is 0 Å². The van der Waals surface area contributed by atoms with E-state index >= 15 is 0 Å². The third kappa shape index (κ3) is 8.28. The predicted molar refractivity (Wildman–Crippen MR) is 140 cm³/mol. The molecule has 0 saturated carbocycles. The summed E-state index contributed by atoms with van der Waals surface area (Å²) < 4.78 is 0. The number of hydrogen-bond donors (Lipinski definition) is 2. The molecule has 0 aliphatic carbocycles. The smallest absolute Gasteiger partial charge is 0.123 e. The number of aromatic hydroxyl groups is 1. The molecule has 0 amide bonds. The van der Waals surface area contributed by atoms with Crippen LogP contribution >= 0.6 is 0 Å². The number of phenolic OH excluding ortho intramolecular Hbond substituents is 1. The number of benzene rings is 2. The van der Waals surface area contributed by atoms with Crippen LogP contribution in [-0.2, 0) is 16.4 Å². The topological polar surface area (TPSA) is 40.5 Å². The molecule has 0 aromatic heterocycles. The van der Waals surface area contributed by atoms with Crippen LogP contribution in [0.1, 0.15) is 116 Å². The fourth-order valence-electron chi connectivity index (χ4n) is 4.02. The van der Waals surface area contributed by atoms with Crippen molar-refractivity contribution in [3.63, 3.8) is 0 Å². The molecule has 0 unspecified atom stereocenters. The van der Waals surface area contributed by atoms with Crippen LogP contribution in [0.4, 0.5) is 0 Å². The van der Waals surface area contributed by atoms with Gasteiger partial charge in [-0.05, 0) is 47.3 Å². The van der Waals surface area contributed by atoms with Crippen molar-refractivity contribution in [3.05, 3.63) is 64.7 Å². The predicted octanol–water partition coefficient (Wildman–Crippen LogP) is 8.55. The van der Waals surface area contributed by atoms with E-state index in [9.17, 15) is 10.2 Å². The minimum atomic E-state index is -0.604. The van der Waals surface area contributed by atoms with Gasteiger partial charge in [0, 0.05) is 0 Å². The fraction of sp³-hybridized carbons (Fsp3) is 0.600. The van der Waals surface area contributed by atoms with Gasteiger partial charge in [0.2, 0.25) is 0 Å². The molecule has 180 valence electrons. The van der Waals surface area contributed by atoms with E-state index in [1.807, 2.05) is 30.3 Å². The van der Waals surface area contributed by atoms with Crippen molar-refractivity contribution in [2.75, 3.05) is 0 Å². The van der Waals surface area contributed by atoms with Crippen LogP contribution in [0, 0.1) is 6.92 Å². The van der Waals surface area contributed by atoms with Crippen molar-refractivity contribution in [2.45, 2.75) is 117 Å². The second-order valence-electron chi connectivity index (χ2n) is 11.3. The Morgan fingerprint density at radius 2 is 1.12 bits per heavy atom. The Bertz CT molecular complexity index is 764. The van der Waals surface area contributed by atoms with Crippen LogP contribution in [0.15, 0.2) is 42.5 Å². The molecule has 0 heterocycles. The molecule has 0 aliphatic heterocycles. The SMILES string of the molecule is CCCCC(O)(CCCC)c1ccccc1.Cc1cc(C(C)(C)C)c(O)c(C(C)(C)C)c1. The molecule has 0 atom stereocenters. The van der Waals surface area contributed by atoms with Crippen LogP contribution < -0.4 is 0 Å². The Labute approximate surface area is 198 Å². The molecular formula is C30H48O2. The van der Waals surface area contributed by atoms with E-state index in [1.165, 1.54) is 5.56 Å². The van der Waals surface area contributed by atoms with Gasteiger partial charge in [0.1, 0.15) is 5.75 Å². The number of aliphatic hydroxyl groups is 1. The zero-order chi connectivity index (χ0) is 24.6. The molecule has 0 radical (unpaired) electrons. The zero-order valence-electron chi connectivity index (χ0n) is 22.2. The minimum Gasteiger partial charge on any atom is -0.507 e. The van der Waals surface area contributed by atoms with Gasteiger partial charge in [-0.15, -0.1) is 0 Å². The molecule has 2 rings (SSSR count). The molecular weight excluding hydrogens is 392 g/mol. The quantitative estimate of drug-likeness (QED) is 0.453. The average Bonchev–Trinajstić information content (AvgIpc) is 2.71. The lowest BCUT2D eigenvalue weighted by atomic mass is 9.78. The van der Waals surface area contributed by atoms with E-state index in [0.717, 1.165) is 55.2 Å². The third-order valence-electron chi connectivity index (χ3n) is 6.07. The normalized spacial score (nSPS) is 12.3. The van der Waals surface area contributed by atoms with Crippen LogP contribution in [0.2, 0.25) is 0 Å². The average molecular weight is 441 g/mol. The first kappa shape index (κ1) is 28.2. The Balaban J connectivity index is 0.000000320. The van der Waals surface area contributed by atoms with Crippen molar-refractivity contribution in [2.24, 2.45) is 0 Å². The van der Waals surface area contributed by atoms with Gasteiger partial charge in [-0.25, -0.2) is 0 Å². The van der Waals surface area contributed by atoms with E-state index in [-0.39, 0.29) is 10.8 Å². The highest BCUT2D eigenvalue weighted by molar-refractivity contribution is 5.49. The molecule has 2 nitrogen and oxygen atoms in total. The van der Waals surface area contributed by atoms with Gasteiger partial charge in [0.15, 0.2) is 0 Å². The first-order chi connectivity index (χ1) is 14.8. The summed E-state index contributed by atoms with van der Waals surface area (Å²) in [5.74, 6) is 0.464. The Kier molecular flexibility index (Phi) is 10.5. The molecule has 2 heteroatoms. The summed E-state index contributed by atoms with van der Waals surface area (Å²) in [4.78, 5) is 0. The van der Waals surface area contributed by atoms with E-state index in [0.29, 0.717) is 5.75 Å². The first-order valence-electron chi connectivity index (χ1n) is 12.4. The lowest BCUT2D eigenvalue weighted by molar-refractivity contribution is 0.0141. The van der Waals surface area contributed by atoms with Crippen molar-refractivity contribution in [3.8, 4) is 5.75 Å². The summed E-state index contributed by atoms with van der Waals surface area (Å²) >= 11 is 0. The molecule has 2 aromatic carbocycles. The Morgan fingerprint density at radius 3 is 1.47 bits per heavy atom. The maximum atomic E-state index is 10.7.